The molecule has 4 nitrogen and oxygen atoms in total. The van der Waals surface area contributed by atoms with Crippen LogP contribution in [0.3, 0.4) is 0 Å². The van der Waals surface area contributed by atoms with Gasteiger partial charge in [0.2, 0.25) is 10.0 Å². The second-order valence-corrected chi connectivity index (χ2v) is 8.58. The molecule has 23 heavy (non-hydrogen) atoms. The van der Waals surface area contributed by atoms with Crippen LogP contribution >= 0.6 is 0 Å². The Labute approximate surface area is 144 Å². The SMILES string of the molecule is CCCCCCCCCCCCCCCCS(=O)(=O)NC(C)O. The molecule has 1 atom stereocenters. The van der Waals surface area contributed by atoms with E-state index in [4.69, 9.17) is 5.11 Å². The molecule has 0 aromatic rings. The fourth-order valence-electron chi connectivity index (χ4n) is 2.81. The summed E-state index contributed by atoms with van der Waals surface area (Å²) in [6.07, 6.45) is 16.6. The fraction of sp³-hybridized carbons (Fsp3) is 1.00. The van der Waals surface area contributed by atoms with Gasteiger partial charge in [-0.15, -0.1) is 0 Å². The molecule has 0 radical (unpaired) electrons. The quantitative estimate of drug-likeness (QED) is 0.295. The van der Waals surface area contributed by atoms with Crippen LogP contribution in [0.1, 0.15) is 104 Å². The second kappa shape index (κ2) is 15.4. The van der Waals surface area contributed by atoms with Crippen LogP contribution in [-0.4, -0.2) is 25.5 Å². The Morgan fingerprint density at radius 3 is 1.43 bits per heavy atom. The van der Waals surface area contributed by atoms with E-state index in [2.05, 4.69) is 11.6 Å². The van der Waals surface area contributed by atoms with Gasteiger partial charge in [0.05, 0.1) is 5.75 Å². The molecule has 5 heteroatoms. The second-order valence-electron chi connectivity index (χ2n) is 6.71. The Balaban J connectivity index is 3.22. The minimum atomic E-state index is -3.30. The molecule has 2 N–H and O–H groups in total. The fourth-order valence-corrected chi connectivity index (χ4v) is 4.03. The van der Waals surface area contributed by atoms with E-state index < -0.39 is 16.3 Å². The van der Waals surface area contributed by atoms with Crippen LogP contribution in [0.2, 0.25) is 0 Å². The summed E-state index contributed by atoms with van der Waals surface area (Å²) >= 11 is 0. The molecule has 140 valence electrons. The normalized spacial score (nSPS) is 13.3. The molecule has 1 unspecified atom stereocenters. The van der Waals surface area contributed by atoms with Crippen molar-refractivity contribution in [1.82, 2.24) is 4.72 Å². The first-order chi connectivity index (χ1) is 11.0. The van der Waals surface area contributed by atoms with Crippen LogP contribution in [0.4, 0.5) is 0 Å². The summed E-state index contributed by atoms with van der Waals surface area (Å²) in [5, 5.41) is 9.01. The van der Waals surface area contributed by atoms with E-state index >= 15 is 0 Å². The molecule has 0 spiro atoms. The van der Waals surface area contributed by atoms with Crippen molar-refractivity contribution in [1.29, 1.82) is 0 Å². The lowest BCUT2D eigenvalue weighted by Gasteiger charge is -2.08. The summed E-state index contributed by atoms with van der Waals surface area (Å²) in [5.74, 6) is 0.121. The first-order valence-electron chi connectivity index (χ1n) is 9.66. The molecule has 0 aliphatic heterocycles. The third-order valence-electron chi connectivity index (χ3n) is 4.12. The average molecular weight is 350 g/mol. The van der Waals surface area contributed by atoms with E-state index in [1.54, 1.807) is 0 Å². The van der Waals surface area contributed by atoms with Crippen LogP contribution in [0.25, 0.3) is 0 Å². The lowest BCUT2D eigenvalue weighted by molar-refractivity contribution is 0.184. The lowest BCUT2D eigenvalue weighted by atomic mass is 10.0. The standard InChI is InChI=1S/C18H39NO3S/c1-3-4-5-6-7-8-9-10-11-12-13-14-15-16-17-23(21,22)19-18(2)20/h18-20H,3-17H2,1-2H3. The van der Waals surface area contributed by atoms with Crippen molar-refractivity contribution in [2.24, 2.45) is 0 Å². The number of aliphatic hydroxyl groups is 1. The number of unbranched alkanes of at least 4 members (excludes halogenated alkanes) is 13. The van der Waals surface area contributed by atoms with Crippen LogP contribution in [0.5, 0.6) is 0 Å². The number of hydrogen-bond donors (Lipinski definition) is 2. The van der Waals surface area contributed by atoms with Gasteiger partial charge in [0, 0.05) is 0 Å². The van der Waals surface area contributed by atoms with Gasteiger partial charge in [0.25, 0.3) is 0 Å². The zero-order chi connectivity index (χ0) is 17.4. The molecule has 0 saturated carbocycles. The number of hydrogen-bond acceptors (Lipinski definition) is 3. The zero-order valence-corrected chi connectivity index (χ0v) is 16.2. The van der Waals surface area contributed by atoms with Crippen LogP contribution in [0, 0.1) is 0 Å². The van der Waals surface area contributed by atoms with Gasteiger partial charge in [-0.3, -0.25) is 0 Å². The van der Waals surface area contributed by atoms with Gasteiger partial charge in [-0.1, -0.05) is 90.4 Å². The molecule has 0 heterocycles. The van der Waals surface area contributed by atoms with Crippen LogP contribution in [-0.2, 0) is 10.0 Å². The van der Waals surface area contributed by atoms with Crippen molar-refractivity contribution < 1.29 is 13.5 Å². The maximum atomic E-state index is 11.5. The van der Waals surface area contributed by atoms with Crippen molar-refractivity contribution in [3.8, 4) is 0 Å². The van der Waals surface area contributed by atoms with Crippen molar-refractivity contribution in [3.05, 3.63) is 0 Å². The Morgan fingerprint density at radius 2 is 1.09 bits per heavy atom. The summed E-state index contributed by atoms with van der Waals surface area (Å²) < 4.78 is 25.2. The van der Waals surface area contributed by atoms with Crippen LogP contribution < -0.4 is 4.72 Å². The molecule has 0 rings (SSSR count). The van der Waals surface area contributed by atoms with Crippen molar-refractivity contribution in [3.63, 3.8) is 0 Å². The predicted octanol–water partition coefficient (Wildman–Crippen LogP) is 4.73. The molecular formula is C18H39NO3S. The largest absolute Gasteiger partial charge is 0.378 e. The van der Waals surface area contributed by atoms with Crippen molar-refractivity contribution >= 4 is 10.0 Å². The lowest BCUT2D eigenvalue weighted by Crippen LogP contribution is -2.33. The van der Waals surface area contributed by atoms with E-state index in [0.717, 1.165) is 12.8 Å². The smallest absolute Gasteiger partial charge is 0.213 e. The van der Waals surface area contributed by atoms with Gasteiger partial charge in [0.15, 0.2) is 0 Å². The first-order valence-corrected chi connectivity index (χ1v) is 11.3. The average Bonchev–Trinajstić information content (AvgIpc) is 2.46. The van der Waals surface area contributed by atoms with E-state index in [9.17, 15) is 8.42 Å². The number of aliphatic hydroxyl groups excluding tert-OH is 1. The summed E-state index contributed by atoms with van der Waals surface area (Å²) in [7, 11) is -3.30. The first kappa shape index (κ1) is 22.9. The minimum Gasteiger partial charge on any atom is -0.378 e. The molecule has 0 amide bonds. The zero-order valence-electron chi connectivity index (χ0n) is 15.4. The minimum absolute atomic E-state index is 0.121. The highest BCUT2D eigenvalue weighted by Crippen LogP contribution is 2.13. The summed E-state index contributed by atoms with van der Waals surface area (Å²) in [4.78, 5) is 0. The summed E-state index contributed by atoms with van der Waals surface area (Å²) in [6.45, 7) is 3.67. The molecular weight excluding hydrogens is 310 g/mol. The predicted molar refractivity (Wildman–Crippen MR) is 98.9 cm³/mol. The van der Waals surface area contributed by atoms with Gasteiger partial charge < -0.3 is 5.11 Å². The molecule has 0 aromatic carbocycles. The maximum absolute atomic E-state index is 11.5. The van der Waals surface area contributed by atoms with Crippen LogP contribution in [0.15, 0.2) is 0 Å². The molecule has 0 aliphatic carbocycles. The van der Waals surface area contributed by atoms with Crippen molar-refractivity contribution in [2.75, 3.05) is 5.75 Å². The Morgan fingerprint density at radius 1 is 0.739 bits per heavy atom. The number of nitrogens with one attached hydrogen (secondary N) is 1. The van der Waals surface area contributed by atoms with Gasteiger partial charge in [0.1, 0.15) is 6.23 Å². The van der Waals surface area contributed by atoms with E-state index in [1.165, 1.54) is 77.6 Å². The molecule has 0 fully saturated rings. The summed E-state index contributed by atoms with van der Waals surface area (Å²) in [5.41, 5.74) is 0. The topological polar surface area (TPSA) is 66.4 Å². The van der Waals surface area contributed by atoms with Gasteiger partial charge >= 0.3 is 0 Å². The summed E-state index contributed by atoms with van der Waals surface area (Å²) in [6, 6.07) is 0. The number of rotatable bonds is 17. The van der Waals surface area contributed by atoms with Gasteiger partial charge in [-0.2, -0.15) is 4.72 Å². The molecule has 0 saturated heterocycles. The highest BCUT2D eigenvalue weighted by Gasteiger charge is 2.11. The maximum Gasteiger partial charge on any atom is 0.213 e. The molecule has 0 aromatic heterocycles. The number of sulfonamides is 1. The third kappa shape index (κ3) is 18.1. The highest BCUT2D eigenvalue weighted by molar-refractivity contribution is 7.89. The highest BCUT2D eigenvalue weighted by atomic mass is 32.2. The van der Waals surface area contributed by atoms with Gasteiger partial charge in [-0.05, 0) is 13.3 Å². The Hall–Kier alpha value is -0.130. The van der Waals surface area contributed by atoms with Gasteiger partial charge in [-0.25, -0.2) is 8.42 Å². The monoisotopic (exact) mass is 349 g/mol. The molecule has 0 bridgehead atoms. The van der Waals surface area contributed by atoms with E-state index in [-0.39, 0.29) is 5.75 Å². The van der Waals surface area contributed by atoms with E-state index in [1.807, 2.05) is 0 Å². The van der Waals surface area contributed by atoms with Crippen molar-refractivity contribution in [2.45, 2.75) is 110 Å². The van der Waals surface area contributed by atoms with E-state index in [0.29, 0.717) is 6.42 Å². The Kier molecular flexibility index (Phi) is 15.3. The molecule has 0 aliphatic rings. The third-order valence-corrected chi connectivity index (χ3v) is 5.64. The Bertz CT molecular complexity index is 342.